The molecule has 1 aromatic carbocycles. The summed E-state index contributed by atoms with van der Waals surface area (Å²) < 4.78 is 30.2. The molecule has 0 aliphatic carbocycles. The van der Waals surface area contributed by atoms with Crippen molar-refractivity contribution in [3.05, 3.63) is 59.2 Å². The van der Waals surface area contributed by atoms with Gasteiger partial charge in [-0.1, -0.05) is 6.07 Å². The van der Waals surface area contributed by atoms with Crippen LogP contribution in [0.3, 0.4) is 0 Å². The first-order valence-corrected chi connectivity index (χ1v) is 8.26. The molecule has 4 nitrogen and oxygen atoms in total. The van der Waals surface area contributed by atoms with Gasteiger partial charge in [-0.15, -0.1) is 0 Å². The number of pyridine rings is 1. The maximum atomic E-state index is 13.3. The van der Waals surface area contributed by atoms with Gasteiger partial charge in [-0.25, -0.2) is 4.39 Å². The van der Waals surface area contributed by atoms with E-state index in [1.54, 1.807) is 6.20 Å². The summed E-state index contributed by atoms with van der Waals surface area (Å²) in [5.74, 6) is 0.231. The zero-order valence-corrected chi connectivity index (χ0v) is 13.8. The molecule has 1 unspecified atom stereocenters. The van der Waals surface area contributed by atoms with Gasteiger partial charge in [0.15, 0.2) is 6.29 Å². The Morgan fingerprint density at radius 1 is 1.21 bits per heavy atom. The average Bonchev–Trinajstić information content (AvgIpc) is 2.59. The number of nitrogens with zero attached hydrogens (tertiary/aromatic N) is 1. The quantitative estimate of drug-likeness (QED) is 0.797. The molecule has 128 valence electrons. The van der Waals surface area contributed by atoms with Crippen LogP contribution < -0.4 is 4.74 Å². The third kappa shape index (κ3) is 5.01. The largest absolute Gasteiger partial charge is 0.489 e. The molecule has 3 rings (SSSR count). The fourth-order valence-electron chi connectivity index (χ4n) is 2.60. The van der Waals surface area contributed by atoms with Crippen LogP contribution in [0.5, 0.6) is 5.75 Å². The van der Waals surface area contributed by atoms with Gasteiger partial charge in [-0.2, -0.15) is 0 Å². The first kappa shape index (κ1) is 16.9. The smallest absolute Gasteiger partial charge is 0.158 e. The Bertz CT molecular complexity index is 634. The zero-order valence-electron chi connectivity index (χ0n) is 13.8. The molecular weight excluding hydrogens is 309 g/mol. The summed E-state index contributed by atoms with van der Waals surface area (Å²) in [4.78, 5) is 4.38. The molecule has 24 heavy (non-hydrogen) atoms. The molecule has 1 aliphatic rings. The normalized spacial score (nSPS) is 17.7. The molecule has 1 saturated heterocycles. The predicted molar refractivity (Wildman–Crippen MR) is 88.1 cm³/mol. The van der Waals surface area contributed by atoms with Crippen LogP contribution in [0, 0.1) is 12.7 Å². The highest BCUT2D eigenvalue weighted by Gasteiger charge is 2.14. The summed E-state index contributed by atoms with van der Waals surface area (Å²) in [5, 5.41) is 0. The molecular formula is C19H22FNO3. The summed E-state index contributed by atoms with van der Waals surface area (Å²) in [6.07, 6.45) is 4.84. The van der Waals surface area contributed by atoms with Crippen LogP contribution in [0.15, 0.2) is 36.5 Å². The van der Waals surface area contributed by atoms with Gasteiger partial charge >= 0.3 is 0 Å². The molecule has 0 spiro atoms. The van der Waals surface area contributed by atoms with E-state index in [0.29, 0.717) is 19.0 Å². The van der Waals surface area contributed by atoms with Crippen LogP contribution in [0.4, 0.5) is 4.39 Å². The van der Waals surface area contributed by atoms with E-state index >= 15 is 0 Å². The van der Waals surface area contributed by atoms with E-state index in [1.807, 2.05) is 25.1 Å². The average molecular weight is 331 g/mol. The Labute approximate surface area is 141 Å². The second-order valence-corrected chi connectivity index (χ2v) is 6.02. The lowest BCUT2D eigenvalue weighted by Crippen LogP contribution is -2.22. The van der Waals surface area contributed by atoms with E-state index in [9.17, 15) is 4.39 Å². The number of ether oxygens (including phenoxy) is 3. The van der Waals surface area contributed by atoms with Gasteiger partial charge in [-0.3, -0.25) is 4.98 Å². The fraction of sp³-hybridized carbons (Fsp3) is 0.421. The topological polar surface area (TPSA) is 40.6 Å². The highest BCUT2D eigenvalue weighted by molar-refractivity contribution is 5.29. The SMILES string of the molecule is Cc1cc(F)cc(OCc2ccc(COC3CCCCO3)nc2)c1. The summed E-state index contributed by atoms with van der Waals surface area (Å²) in [6, 6.07) is 8.52. The summed E-state index contributed by atoms with van der Waals surface area (Å²) in [5.41, 5.74) is 2.62. The number of hydrogen-bond acceptors (Lipinski definition) is 4. The Kier molecular flexibility index (Phi) is 5.77. The van der Waals surface area contributed by atoms with E-state index in [4.69, 9.17) is 14.2 Å². The van der Waals surface area contributed by atoms with Crippen molar-refractivity contribution in [1.82, 2.24) is 4.98 Å². The number of halogens is 1. The monoisotopic (exact) mass is 331 g/mol. The van der Waals surface area contributed by atoms with Crippen molar-refractivity contribution in [2.24, 2.45) is 0 Å². The van der Waals surface area contributed by atoms with Crippen molar-refractivity contribution in [3.63, 3.8) is 0 Å². The molecule has 1 aliphatic heterocycles. The first-order valence-electron chi connectivity index (χ1n) is 8.26. The lowest BCUT2D eigenvalue weighted by atomic mass is 10.2. The van der Waals surface area contributed by atoms with Gasteiger partial charge in [0.05, 0.1) is 12.3 Å². The van der Waals surface area contributed by atoms with E-state index in [1.165, 1.54) is 12.1 Å². The molecule has 0 amide bonds. The van der Waals surface area contributed by atoms with Crippen LogP contribution in [0.2, 0.25) is 0 Å². The standard InChI is InChI=1S/C19H22FNO3/c1-14-8-16(20)10-18(9-14)23-12-15-5-6-17(21-11-15)13-24-19-4-2-3-7-22-19/h5-6,8-11,19H,2-4,7,12-13H2,1H3. The van der Waals surface area contributed by atoms with Crippen molar-refractivity contribution >= 4 is 0 Å². The molecule has 1 aromatic heterocycles. The summed E-state index contributed by atoms with van der Waals surface area (Å²) >= 11 is 0. The number of aromatic nitrogens is 1. The number of aryl methyl sites for hydroxylation is 1. The van der Waals surface area contributed by atoms with Crippen LogP contribution in [-0.4, -0.2) is 17.9 Å². The van der Waals surface area contributed by atoms with Gasteiger partial charge in [-0.05, 0) is 49.9 Å². The molecule has 5 heteroatoms. The van der Waals surface area contributed by atoms with Crippen molar-refractivity contribution in [2.75, 3.05) is 6.61 Å². The highest BCUT2D eigenvalue weighted by atomic mass is 19.1. The molecule has 2 aromatic rings. The Balaban J connectivity index is 1.48. The molecule has 1 fully saturated rings. The van der Waals surface area contributed by atoms with E-state index in [2.05, 4.69) is 4.98 Å². The fourth-order valence-corrected chi connectivity index (χ4v) is 2.60. The molecule has 0 radical (unpaired) electrons. The second kappa shape index (κ2) is 8.22. The minimum absolute atomic E-state index is 0.111. The third-order valence-electron chi connectivity index (χ3n) is 3.86. The number of hydrogen-bond donors (Lipinski definition) is 0. The first-order chi connectivity index (χ1) is 11.7. The summed E-state index contributed by atoms with van der Waals surface area (Å²) in [7, 11) is 0. The predicted octanol–water partition coefficient (Wildman–Crippen LogP) is 4.15. The molecule has 0 saturated carbocycles. The second-order valence-electron chi connectivity index (χ2n) is 6.02. The van der Waals surface area contributed by atoms with Crippen LogP contribution in [0.1, 0.15) is 36.1 Å². The van der Waals surface area contributed by atoms with Crippen molar-refractivity contribution in [3.8, 4) is 5.75 Å². The van der Waals surface area contributed by atoms with Gasteiger partial charge < -0.3 is 14.2 Å². The van der Waals surface area contributed by atoms with Crippen molar-refractivity contribution in [2.45, 2.75) is 45.7 Å². The van der Waals surface area contributed by atoms with Crippen LogP contribution >= 0.6 is 0 Å². The Hall–Kier alpha value is -1.98. The van der Waals surface area contributed by atoms with E-state index < -0.39 is 0 Å². The van der Waals surface area contributed by atoms with Crippen LogP contribution in [-0.2, 0) is 22.7 Å². The minimum Gasteiger partial charge on any atom is -0.489 e. The molecule has 0 bridgehead atoms. The minimum atomic E-state index is -0.291. The Morgan fingerprint density at radius 2 is 2.12 bits per heavy atom. The summed E-state index contributed by atoms with van der Waals surface area (Å²) in [6.45, 7) is 3.40. The lowest BCUT2D eigenvalue weighted by molar-refractivity contribution is -0.169. The highest BCUT2D eigenvalue weighted by Crippen LogP contribution is 2.18. The lowest BCUT2D eigenvalue weighted by Gasteiger charge is -2.22. The van der Waals surface area contributed by atoms with Crippen molar-refractivity contribution in [1.29, 1.82) is 0 Å². The van der Waals surface area contributed by atoms with Crippen LogP contribution in [0.25, 0.3) is 0 Å². The third-order valence-corrected chi connectivity index (χ3v) is 3.86. The Morgan fingerprint density at radius 3 is 2.83 bits per heavy atom. The van der Waals surface area contributed by atoms with E-state index in [-0.39, 0.29) is 12.1 Å². The van der Waals surface area contributed by atoms with Gasteiger partial charge in [0, 0.05) is 24.4 Å². The van der Waals surface area contributed by atoms with E-state index in [0.717, 1.165) is 42.7 Å². The van der Waals surface area contributed by atoms with Crippen molar-refractivity contribution < 1.29 is 18.6 Å². The molecule has 0 N–H and O–H groups in total. The van der Waals surface area contributed by atoms with Gasteiger partial charge in [0.25, 0.3) is 0 Å². The number of rotatable bonds is 6. The maximum absolute atomic E-state index is 13.3. The molecule has 1 atom stereocenters. The number of benzene rings is 1. The van der Waals surface area contributed by atoms with Gasteiger partial charge in [0.1, 0.15) is 18.2 Å². The zero-order chi connectivity index (χ0) is 16.8. The maximum Gasteiger partial charge on any atom is 0.158 e. The molecule has 2 heterocycles. The van der Waals surface area contributed by atoms with Gasteiger partial charge in [0.2, 0.25) is 0 Å².